The Kier molecular flexibility index (Phi) is 3.43. The monoisotopic (exact) mass is 299 g/mol. The second kappa shape index (κ2) is 5.26. The van der Waals surface area contributed by atoms with Crippen LogP contribution < -0.4 is 4.74 Å². The number of likely N-dealkylation sites (N-methyl/N-ethyl adjacent to an activating group) is 1. The molecule has 0 aromatic heterocycles. The number of thioether (sulfide) groups is 1. The molecule has 5 heteroatoms. The molecule has 3 rings (SSSR count). The number of rotatable bonds is 2. The first-order valence-electron chi connectivity index (χ1n) is 6.39. The van der Waals surface area contributed by atoms with E-state index in [-0.39, 0.29) is 11.1 Å². The lowest BCUT2D eigenvalue weighted by Gasteiger charge is -2.09. The first-order chi connectivity index (χ1) is 10.1. The van der Waals surface area contributed by atoms with Crippen LogP contribution in [0.25, 0.3) is 16.8 Å². The molecule has 1 aliphatic heterocycles. The zero-order valence-corrected chi connectivity index (χ0v) is 12.4. The maximum atomic E-state index is 12.0. The quantitative estimate of drug-likeness (QED) is 0.796. The maximum absolute atomic E-state index is 12.0. The van der Waals surface area contributed by atoms with E-state index in [0.717, 1.165) is 33.0 Å². The molecule has 0 saturated carbocycles. The lowest BCUT2D eigenvalue weighted by atomic mass is 10.0. The molecule has 2 aromatic carbocycles. The Bertz CT molecular complexity index is 782. The molecule has 4 nitrogen and oxygen atoms in total. The summed E-state index contributed by atoms with van der Waals surface area (Å²) in [5.41, 5.74) is 0.814. The van der Waals surface area contributed by atoms with Crippen LogP contribution in [-0.4, -0.2) is 30.2 Å². The van der Waals surface area contributed by atoms with Crippen molar-refractivity contribution >= 4 is 39.8 Å². The Labute approximate surface area is 126 Å². The highest BCUT2D eigenvalue weighted by Gasteiger charge is 2.32. The molecule has 1 aliphatic rings. The van der Waals surface area contributed by atoms with Crippen LogP contribution in [0.5, 0.6) is 5.75 Å². The Morgan fingerprint density at radius 1 is 1.14 bits per heavy atom. The molecule has 0 spiro atoms. The fourth-order valence-corrected chi connectivity index (χ4v) is 3.09. The number of carbonyl (C=O) groups is 2. The molecule has 1 fully saturated rings. The number of ether oxygens (including phenoxy) is 1. The highest BCUT2D eigenvalue weighted by molar-refractivity contribution is 8.18. The van der Waals surface area contributed by atoms with E-state index < -0.39 is 0 Å². The number of fused-ring (bicyclic) bond motifs is 1. The zero-order valence-electron chi connectivity index (χ0n) is 11.6. The molecular formula is C16H13NO3S. The number of methoxy groups -OCH3 is 1. The van der Waals surface area contributed by atoms with E-state index in [1.807, 2.05) is 36.4 Å². The molecule has 1 heterocycles. The number of nitrogens with zero attached hydrogens (tertiary/aromatic N) is 1. The summed E-state index contributed by atoms with van der Waals surface area (Å²) in [4.78, 5) is 25.2. The third kappa shape index (κ3) is 2.29. The largest absolute Gasteiger partial charge is 0.496 e. The van der Waals surface area contributed by atoms with Gasteiger partial charge >= 0.3 is 0 Å². The van der Waals surface area contributed by atoms with Crippen molar-refractivity contribution in [1.29, 1.82) is 0 Å². The van der Waals surface area contributed by atoms with E-state index in [4.69, 9.17) is 4.74 Å². The van der Waals surface area contributed by atoms with E-state index in [2.05, 4.69) is 0 Å². The van der Waals surface area contributed by atoms with Gasteiger partial charge < -0.3 is 4.74 Å². The summed E-state index contributed by atoms with van der Waals surface area (Å²) in [5, 5.41) is 1.78. The topological polar surface area (TPSA) is 46.6 Å². The van der Waals surface area contributed by atoms with Gasteiger partial charge in [0.25, 0.3) is 11.1 Å². The van der Waals surface area contributed by atoms with Crippen LogP contribution >= 0.6 is 11.8 Å². The van der Waals surface area contributed by atoms with Crippen LogP contribution in [0, 0.1) is 0 Å². The SMILES string of the molecule is COc1ccc2ccccc2c1/C=C1/SC(=O)N(C)C1=O. The van der Waals surface area contributed by atoms with Crippen LogP contribution in [0.2, 0.25) is 0 Å². The first kappa shape index (κ1) is 13.7. The van der Waals surface area contributed by atoms with Gasteiger partial charge in [0.2, 0.25) is 0 Å². The number of benzene rings is 2. The lowest BCUT2D eigenvalue weighted by Crippen LogP contribution is -2.22. The molecule has 0 atom stereocenters. The fraction of sp³-hybridized carbons (Fsp3) is 0.125. The average Bonchev–Trinajstić information content (AvgIpc) is 2.75. The van der Waals surface area contributed by atoms with Gasteiger partial charge in [-0.05, 0) is 34.7 Å². The third-order valence-electron chi connectivity index (χ3n) is 3.41. The van der Waals surface area contributed by atoms with E-state index in [9.17, 15) is 9.59 Å². The maximum Gasteiger partial charge on any atom is 0.293 e. The van der Waals surface area contributed by atoms with Crippen molar-refractivity contribution in [3.8, 4) is 5.75 Å². The summed E-state index contributed by atoms with van der Waals surface area (Å²) in [7, 11) is 3.08. The van der Waals surface area contributed by atoms with Gasteiger partial charge in [-0.1, -0.05) is 30.3 Å². The number of amides is 2. The van der Waals surface area contributed by atoms with Crippen LogP contribution in [0.3, 0.4) is 0 Å². The predicted molar refractivity (Wildman–Crippen MR) is 84.2 cm³/mol. The molecular weight excluding hydrogens is 286 g/mol. The number of carbonyl (C=O) groups excluding carboxylic acids is 2. The molecule has 2 aromatic rings. The van der Waals surface area contributed by atoms with Gasteiger partial charge in [-0.15, -0.1) is 0 Å². The minimum atomic E-state index is -0.278. The highest BCUT2D eigenvalue weighted by atomic mass is 32.2. The van der Waals surface area contributed by atoms with Crippen molar-refractivity contribution in [3.05, 3.63) is 46.9 Å². The van der Waals surface area contributed by atoms with Gasteiger partial charge in [0.1, 0.15) is 5.75 Å². The molecule has 0 radical (unpaired) electrons. The van der Waals surface area contributed by atoms with Crippen LogP contribution in [0.4, 0.5) is 4.79 Å². The van der Waals surface area contributed by atoms with Gasteiger partial charge in [0, 0.05) is 12.6 Å². The van der Waals surface area contributed by atoms with E-state index >= 15 is 0 Å². The minimum absolute atomic E-state index is 0.259. The van der Waals surface area contributed by atoms with Gasteiger partial charge in [0.15, 0.2) is 0 Å². The smallest absolute Gasteiger partial charge is 0.293 e. The third-order valence-corrected chi connectivity index (χ3v) is 4.37. The summed E-state index contributed by atoms with van der Waals surface area (Å²) in [6, 6.07) is 11.7. The standard InChI is InChI=1S/C16H13NO3S/c1-17-15(18)14(21-16(17)19)9-12-11-6-4-3-5-10(11)7-8-13(12)20-2/h3-9H,1-2H3/b14-9+. The van der Waals surface area contributed by atoms with Gasteiger partial charge in [-0.2, -0.15) is 0 Å². The van der Waals surface area contributed by atoms with E-state index in [1.165, 1.54) is 7.05 Å². The zero-order chi connectivity index (χ0) is 15.0. The van der Waals surface area contributed by atoms with Crippen LogP contribution in [0.15, 0.2) is 41.3 Å². The van der Waals surface area contributed by atoms with Gasteiger partial charge in [0.05, 0.1) is 12.0 Å². The molecule has 21 heavy (non-hydrogen) atoms. The van der Waals surface area contributed by atoms with Crippen LogP contribution in [0.1, 0.15) is 5.56 Å². The molecule has 106 valence electrons. The Hall–Kier alpha value is -2.27. The first-order valence-corrected chi connectivity index (χ1v) is 7.21. The number of hydrogen-bond acceptors (Lipinski definition) is 4. The normalized spacial score (nSPS) is 17.0. The molecule has 0 N–H and O–H groups in total. The Morgan fingerprint density at radius 3 is 2.57 bits per heavy atom. The number of hydrogen-bond donors (Lipinski definition) is 0. The Balaban J connectivity index is 2.20. The summed E-state index contributed by atoms with van der Waals surface area (Å²) >= 11 is 0.947. The van der Waals surface area contributed by atoms with Crippen molar-refractivity contribution in [2.45, 2.75) is 0 Å². The van der Waals surface area contributed by atoms with E-state index in [1.54, 1.807) is 13.2 Å². The predicted octanol–water partition coefficient (Wildman–Crippen LogP) is 3.51. The van der Waals surface area contributed by atoms with Crippen molar-refractivity contribution in [2.24, 2.45) is 0 Å². The van der Waals surface area contributed by atoms with Crippen molar-refractivity contribution < 1.29 is 14.3 Å². The minimum Gasteiger partial charge on any atom is -0.496 e. The highest BCUT2D eigenvalue weighted by Crippen LogP contribution is 2.35. The average molecular weight is 299 g/mol. The van der Waals surface area contributed by atoms with Gasteiger partial charge in [-0.25, -0.2) is 0 Å². The second-order valence-corrected chi connectivity index (χ2v) is 5.64. The summed E-state index contributed by atoms with van der Waals surface area (Å²) in [6.07, 6.45) is 1.73. The molecule has 0 bridgehead atoms. The lowest BCUT2D eigenvalue weighted by molar-refractivity contribution is -0.121. The van der Waals surface area contributed by atoms with Crippen molar-refractivity contribution in [2.75, 3.05) is 14.2 Å². The van der Waals surface area contributed by atoms with Crippen molar-refractivity contribution in [3.63, 3.8) is 0 Å². The van der Waals surface area contributed by atoms with Gasteiger partial charge in [-0.3, -0.25) is 14.5 Å². The fourth-order valence-electron chi connectivity index (χ4n) is 2.28. The summed E-state index contributed by atoms with van der Waals surface area (Å²) < 4.78 is 5.39. The van der Waals surface area contributed by atoms with E-state index in [0.29, 0.717) is 10.7 Å². The summed E-state index contributed by atoms with van der Waals surface area (Å²) in [6.45, 7) is 0. The summed E-state index contributed by atoms with van der Waals surface area (Å²) in [5.74, 6) is 0.400. The van der Waals surface area contributed by atoms with Crippen LogP contribution in [-0.2, 0) is 4.79 Å². The molecule has 0 aliphatic carbocycles. The molecule has 0 unspecified atom stereocenters. The molecule has 2 amide bonds. The second-order valence-electron chi connectivity index (χ2n) is 4.64. The Morgan fingerprint density at radius 2 is 1.90 bits per heavy atom. The van der Waals surface area contributed by atoms with Crippen molar-refractivity contribution in [1.82, 2.24) is 4.90 Å². The number of imide groups is 1. The molecule has 1 saturated heterocycles.